The number of hydrogen-bond acceptors (Lipinski definition) is 4. The summed E-state index contributed by atoms with van der Waals surface area (Å²) in [5, 5.41) is 5.61. The Balaban J connectivity index is 1.87. The molecular formula is C17H26N4O2. The quantitative estimate of drug-likeness (QED) is 0.741. The van der Waals surface area contributed by atoms with Crippen molar-refractivity contribution in [1.29, 1.82) is 0 Å². The van der Waals surface area contributed by atoms with Gasteiger partial charge < -0.3 is 21.3 Å². The smallest absolute Gasteiger partial charge is 0.236 e. The second-order valence-electron chi connectivity index (χ2n) is 6.20. The standard InChI is InChI=1S/C17H26N4O2/c1-12(19-17(23)13(2)18)10-16(22)20-14-6-5-7-15(11-14)21-8-3-4-9-21/h5-7,11-13H,3-4,8-10,18H2,1-2H3,(H,19,23)(H,20,22)/t12?,13-/m1/s1. The molecule has 0 aromatic heterocycles. The SMILES string of the molecule is CC(CC(=O)Nc1cccc(N2CCCC2)c1)NC(=O)[C@@H](C)N. The van der Waals surface area contributed by atoms with Crippen LogP contribution in [0.1, 0.15) is 33.1 Å². The predicted molar refractivity (Wildman–Crippen MR) is 92.4 cm³/mol. The molecule has 0 saturated carbocycles. The number of hydrogen-bond donors (Lipinski definition) is 3. The van der Waals surface area contributed by atoms with Crippen molar-refractivity contribution >= 4 is 23.2 Å². The summed E-state index contributed by atoms with van der Waals surface area (Å²) in [6.07, 6.45) is 2.65. The molecule has 1 aliphatic rings. The van der Waals surface area contributed by atoms with Crippen molar-refractivity contribution in [2.24, 2.45) is 5.73 Å². The third-order valence-corrected chi connectivity index (χ3v) is 3.89. The topological polar surface area (TPSA) is 87.5 Å². The van der Waals surface area contributed by atoms with Crippen molar-refractivity contribution in [1.82, 2.24) is 5.32 Å². The zero-order valence-electron chi connectivity index (χ0n) is 13.8. The molecule has 6 nitrogen and oxygen atoms in total. The van der Waals surface area contributed by atoms with Crippen LogP contribution in [0.4, 0.5) is 11.4 Å². The lowest BCUT2D eigenvalue weighted by Gasteiger charge is -2.19. The Morgan fingerprint density at radius 3 is 2.61 bits per heavy atom. The van der Waals surface area contributed by atoms with E-state index in [1.807, 2.05) is 18.2 Å². The maximum atomic E-state index is 12.1. The molecular weight excluding hydrogens is 292 g/mol. The van der Waals surface area contributed by atoms with Crippen LogP contribution in [-0.4, -0.2) is 37.0 Å². The normalized spacial score (nSPS) is 16.7. The van der Waals surface area contributed by atoms with E-state index in [9.17, 15) is 9.59 Å². The van der Waals surface area contributed by atoms with E-state index in [2.05, 4.69) is 21.6 Å². The first-order chi connectivity index (χ1) is 11.0. The van der Waals surface area contributed by atoms with Crippen molar-refractivity contribution < 1.29 is 9.59 Å². The Labute approximate surface area is 137 Å². The van der Waals surface area contributed by atoms with Gasteiger partial charge >= 0.3 is 0 Å². The average molecular weight is 318 g/mol. The highest BCUT2D eigenvalue weighted by Crippen LogP contribution is 2.23. The Kier molecular flexibility index (Phi) is 5.98. The van der Waals surface area contributed by atoms with E-state index in [-0.39, 0.29) is 24.3 Å². The Hall–Kier alpha value is -2.08. The largest absolute Gasteiger partial charge is 0.371 e. The lowest BCUT2D eigenvalue weighted by atomic mass is 10.2. The summed E-state index contributed by atoms with van der Waals surface area (Å²) < 4.78 is 0. The molecule has 2 atom stereocenters. The van der Waals surface area contributed by atoms with E-state index in [0.717, 1.165) is 24.5 Å². The van der Waals surface area contributed by atoms with Gasteiger partial charge in [-0.05, 0) is 44.9 Å². The summed E-state index contributed by atoms with van der Waals surface area (Å²) in [5.41, 5.74) is 7.42. The number of nitrogens with zero attached hydrogens (tertiary/aromatic N) is 1. The third-order valence-electron chi connectivity index (χ3n) is 3.89. The molecule has 23 heavy (non-hydrogen) atoms. The fourth-order valence-corrected chi connectivity index (χ4v) is 2.67. The summed E-state index contributed by atoms with van der Waals surface area (Å²) in [4.78, 5) is 25.9. The molecule has 0 aliphatic carbocycles. The van der Waals surface area contributed by atoms with Gasteiger partial charge in [-0.15, -0.1) is 0 Å². The van der Waals surface area contributed by atoms with E-state index >= 15 is 0 Å². The van der Waals surface area contributed by atoms with Crippen LogP contribution in [0.5, 0.6) is 0 Å². The number of carbonyl (C=O) groups is 2. The van der Waals surface area contributed by atoms with Crippen LogP contribution in [0.25, 0.3) is 0 Å². The maximum absolute atomic E-state index is 12.1. The van der Waals surface area contributed by atoms with Gasteiger partial charge in [0.1, 0.15) is 0 Å². The number of nitrogens with two attached hydrogens (primary N) is 1. The first kappa shape index (κ1) is 17.3. The molecule has 1 aromatic carbocycles. The highest BCUT2D eigenvalue weighted by molar-refractivity contribution is 5.92. The Morgan fingerprint density at radius 1 is 1.26 bits per heavy atom. The van der Waals surface area contributed by atoms with Crippen LogP contribution < -0.4 is 21.3 Å². The Morgan fingerprint density at radius 2 is 1.96 bits per heavy atom. The molecule has 2 amide bonds. The van der Waals surface area contributed by atoms with Crippen LogP contribution in [0.15, 0.2) is 24.3 Å². The molecule has 0 bridgehead atoms. The number of carbonyl (C=O) groups excluding carboxylic acids is 2. The first-order valence-electron chi connectivity index (χ1n) is 8.16. The molecule has 1 fully saturated rings. The van der Waals surface area contributed by atoms with Gasteiger partial charge in [0.2, 0.25) is 11.8 Å². The van der Waals surface area contributed by atoms with E-state index in [1.165, 1.54) is 12.8 Å². The van der Waals surface area contributed by atoms with Gasteiger partial charge in [0.05, 0.1) is 6.04 Å². The number of nitrogens with one attached hydrogen (secondary N) is 2. The number of anilines is 2. The highest BCUT2D eigenvalue weighted by Gasteiger charge is 2.15. The summed E-state index contributed by atoms with van der Waals surface area (Å²) >= 11 is 0. The van der Waals surface area contributed by atoms with Crippen LogP contribution >= 0.6 is 0 Å². The third kappa shape index (κ3) is 5.25. The van der Waals surface area contributed by atoms with E-state index in [1.54, 1.807) is 13.8 Å². The molecule has 0 spiro atoms. The summed E-state index contributed by atoms with van der Waals surface area (Å²) in [6.45, 7) is 5.54. The second kappa shape index (κ2) is 7.97. The minimum atomic E-state index is -0.572. The first-order valence-corrected chi connectivity index (χ1v) is 8.16. The summed E-state index contributed by atoms with van der Waals surface area (Å²) in [5.74, 6) is -0.373. The minimum Gasteiger partial charge on any atom is -0.371 e. The predicted octanol–water partition coefficient (Wildman–Crippen LogP) is 1.47. The van der Waals surface area contributed by atoms with Crippen LogP contribution in [0, 0.1) is 0 Å². The fraction of sp³-hybridized carbons (Fsp3) is 0.529. The monoisotopic (exact) mass is 318 g/mol. The van der Waals surface area contributed by atoms with Gasteiger partial charge in [0.25, 0.3) is 0 Å². The lowest BCUT2D eigenvalue weighted by molar-refractivity contribution is -0.123. The molecule has 1 heterocycles. The molecule has 6 heteroatoms. The molecule has 1 aliphatic heterocycles. The zero-order valence-corrected chi connectivity index (χ0v) is 13.8. The van der Waals surface area contributed by atoms with Crippen molar-refractivity contribution in [3.8, 4) is 0 Å². The fourth-order valence-electron chi connectivity index (χ4n) is 2.67. The number of benzene rings is 1. The van der Waals surface area contributed by atoms with Gasteiger partial charge in [-0.25, -0.2) is 0 Å². The van der Waals surface area contributed by atoms with Crippen molar-refractivity contribution in [2.75, 3.05) is 23.3 Å². The van der Waals surface area contributed by atoms with Gasteiger partial charge in [0.15, 0.2) is 0 Å². The van der Waals surface area contributed by atoms with Crippen LogP contribution in [0.3, 0.4) is 0 Å². The van der Waals surface area contributed by atoms with Gasteiger partial charge in [0, 0.05) is 36.9 Å². The molecule has 2 rings (SSSR count). The number of amides is 2. The molecule has 0 radical (unpaired) electrons. The molecule has 4 N–H and O–H groups in total. The Bertz CT molecular complexity index is 553. The van der Waals surface area contributed by atoms with Gasteiger partial charge in [-0.2, -0.15) is 0 Å². The zero-order chi connectivity index (χ0) is 16.8. The average Bonchev–Trinajstić information content (AvgIpc) is 3.01. The van der Waals surface area contributed by atoms with Crippen molar-refractivity contribution in [3.63, 3.8) is 0 Å². The molecule has 126 valence electrons. The van der Waals surface area contributed by atoms with Gasteiger partial charge in [-0.3, -0.25) is 9.59 Å². The van der Waals surface area contributed by atoms with E-state index < -0.39 is 6.04 Å². The highest BCUT2D eigenvalue weighted by atomic mass is 16.2. The van der Waals surface area contributed by atoms with Crippen LogP contribution in [0.2, 0.25) is 0 Å². The molecule has 1 unspecified atom stereocenters. The summed E-state index contributed by atoms with van der Waals surface area (Å²) in [6, 6.07) is 7.06. The van der Waals surface area contributed by atoms with Crippen LogP contribution in [-0.2, 0) is 9.59 Å². The molecule has 1 aromatic rings. The molecule has 1 saturated heterocycles. The maximum Gasteiger partial charge on any atom is 0.236 e. The van der Waals surface area contributed by atoms with Gasteiger partial charge in [-0.1, -0.05) is 6.07 Å². The van der Waals surface area contributed by atoms with E-state index in [4.69, 9.17) is 5.73 Å². The number of rotatable bonds is 6. The van der Waals surface area contributed by atoms with Crippen molar-refractivity contribution in [3.05, 3.63) is 24.3 Å². The second-order valence-corrected chi connectivity index (χ2v) is 6.20. The summed E-state index contributed by atoms with van der Waals surface area (Å²) in [7, 11) is 0. The van der Waals surface area contributed by atoms with Crippen molar-refractivity contribution in [2.45, 2.75) is 45.2 Å². The minimum absolute atomic E-state index is 0.124. The lowest BCUT2D eigenvalue weighted by Crippen LogP contribution is -2.43. The van der Waals surface area contributed by atoms with E-state index in [0.29, 0.717) is 0 Å².